The molecule has 0 saturated heterocycles. The monoisotopic (exact) mass is 333 g/mol. The molecule has 17 heavy (non-hydrogen) atoms. The highest BCUT2D eigenvalue weighted by Gasteiger charge is 2.58. The van der Waals surface area contributed by atoms with Gasteiger partial charge in [-0.1, -0.05) is 40.3 Å². The van der Waals surface area contributed by atoms with E-state index in [1.807, 2.05) is 24.3 Å². The summed E-state index contributed by atoms with van der Waals surface area (Å²) >= 11 is 8.28. The van der Waals surface area contributed by atoms with Crippen LogP contribution in [0.1, 0.15) is 11.5 Å². The molecule has 0 aliphatic heterocycles. The third kappa shape index (κ3) is 2.53. The highest BCUT2D eigenvalue weighted by Crippen LogP contribution is 2.52. The zero-order valence-corrected chi connectivity index (χ0v) is 12.3. The van der Waals surface area contributed by atoms with E-state index in [0.29, 0.717) is 0 Å². The molecule has 3 nitrogen and oxygen atoms in total. The Labute approximate surface area is 114 Å². The second kappa shape index (κ2) is 4.33. The van der Waals surface area contributed by atoms with Crippen molar-refractivity contribution in [3.05, 3.63) is 34.3 Å². The van der Waals surface area contributed by atoms with Crippen molar-refractivity contribution in [1.29, 1.82) is 0 Å². The first-order chi connectivity index (χ1) is 7.82. The highest BCUT2D eigenvalue weighted by atomic mass is 79.9. The first-order valence-corrected chi connectivity index (χ1v) is 8.21. The van der Waals surface area contributed by atoms with Crippen LogP contribution < -0.4 is 5.73 Å². The van der Waals surface area contributed by atoms with E-state index in [2.05, 4.69) is 15.9 Å². The molecule has 0 bridgehead atoms. The van der Waals surface area contributed by atoms with Crippen molar-refractivity contribution in [3.8, 4) is 0 Å². The lowest BCUT2D eigenvalue weighted by atomic mass is 10.1. The minimum atomic E-state index is -3.11. The third-order valence-corrected chi connectivity index (χ3v) is 5.41. The van der Waals surface area contributed by atoms with Crippen molar-refractivity contribution < 1.29 is 8.42 Å². The largest absolute Gasteiger partial charge is 0.393 e. The molecular weight excluding hydrogens is 322 g/mol. The number of benzene rings is 1. The molecule has 0 spiro atoms. The molecule has 1 aliphatic rings. The van der Waals surface area contributed by atoms with Crippen LogP contribution in [0, 0.1) is 5.92 Å². The lowest BCUT2D eigenvalue weighted by molar-refractivity contribution is 0.599. The third-order valence-electron chi connectivity index (χ3n) is 3.03. The lowest BCUT2D eigenvalue weighted by Crippen LogP contribution is -2.16. The molecule has 3 atom stereocenters. The van der Waals surface area contributed by atoms with Gasteiger partial charge in [-0.3, -0.25) is 0 Å². The van der Waals surface area contributed by atoms with Crippen LogP contribution in [0.4, 0.5) is 0 Å². The summed E-state index contributed by atoms with van der Waals surface area (Å²) in [6, 6.07) is 7.60. The summed E-state index contributed by atoms with van der Waals surface area (Å²) in [4.78, 5) is 0.286. The van der Waals surface area contributed by atoms with E-state index in [0.717, 1.165) is 10.0 Å². The Morgan fingerprint density at radius 2 is 1.88 bits per heavy atom. The van der Waals surface area contributed by atoms with Gasteiger partial charge in [0.15, 0.2) is 9.84 Å². The van der Waals surface area contributed by atoms with Gasteiger partial charge in [-0.15, -0.1) is 0 Å². The first kappa shape index (κ1) is 13.0. The van der Waals surface area contributed by atoms with Gasteiger partial charge in [0.1, 0.15) is 0 Å². The van der Waals surface area contributed by atoms with E-state index >= 15 is 0 Å². The predicted octanol–water partition coefficient (Wildman–Crippen LogP) is 1.86. The number of hydrogen-bond donors (Lipinski definition) is 1. The molecule has 0 amide bonds. The summed E-state index contributed by atoms with van der Waals surface area (Å²) in [6.07, 6.45) is 1.24. The molecular formula is C11H12BrNO2S2. The minimum absolute atomic E-state index is 0.0874. The zero-order chi connectivity index (χ0) is 12.8. The van der Waals surface area contributed by atoms with Crippen molar-refractivity contribution in [3.63, 3.8) is 0 Å². The predicted molar refractivity (Wildman–Crippen MR) is 75.8 cm³/mol. The topological polar surface area (TPSA) is 60.2 Å². The SMILES string of the molecule is CS(=O)(=O)[C@@H]1[C@H](C(N)=S)[C@@H]1c1ccc(Br)cc1. The highest BCUT2D eigenvalue weighted by molar-refractivity contribution is 9.10. The average molecular weight is 334 g/mol. The van der Waals surface area contributed by atoms with Gasteiger partial charge < -0.3 is 5.73 Å². The Morgan fingerprint density at radius 3 is 2.24 bits per heavy atom. The van der Waals surface area contributed by atoms with E-state index in [1.54, 1.807) is 0 Å². The molecule has 1 fully saturated rings. The Hall–Kier alpha value is -0.460. The maximum atomic E-state index is 11.6. The van der Waals surface area contributed by atoms with Crippen LogP contribution in [0.15, 0.2) is 28.7 Å². The number of thiocarbonyl (C=S) groups is 1. The number of halogens is 1. The smallest absolute Gasteiger partial charge is 0.151 e. The van der Waals surface area contributed by atoms with Crippen LogP contribution in [-0.2, 0) is 9.84 Å². The van der Waals surface area contributed by atoms with E-state index in [-0.39, 0.29) is 16.8 Å². The van der Waals surface area contributed by atoms with Crippen molar-refractivity contribution in [2.45, 2.75) is 11.2 Å². The molecule has 6 heteroatoms. The van der Waals surface area contributed by atoms with Crippen LogP contribution >= 0.6 is 28.1 Å². The van der Waals surface area contributed by atoms with Crippen LogP contribution in [0.2, 0.25) is 0 Å². The van der Waals surface area contributed by atoms with Gasteiger partial charge in [0.25, 0.3) is 0 Å². The fraction of sp³-hybridized carbons (Fsp3) is 0.364. The Morgan fingerprint density at radius 1 is 1.35 bits per heavy atom. The van der Waals surface area contributed by atoms with Crippen molar-refractivity contribution in [2.75, 3.05) is 6.26 Å². The van der Waals surface area contributed by atoms with Gasteiger partial charge in [0.2, 0.25) is 0 Å². The number of hydrogen-bond acceptors (Lipinski definition) is 3. The molecule has 0 aromatic heterocycles. The van der Waals surface area contributed by atoms with Crippen molar-refractivity contribution in [1.82, 2.24) is 0 Å². The van der Waals surface area contributed by atoms with Gasteiger partial charge in [-0.2, -0.15) is 0 Å². The molecule has 1 aliphatic carbocycles. The second-order valence-corrected chi connectivity index (χ2v) is 7.89. The molecule has 1 saturated carbocycles. The van der Waals surface area contributed by atoms with E-state index < -0.39 is 15.1 Å². The van der Waals surface area contributed by atoms with Crippen molar-refractivity contribution in [2.24, 2.45) is 11.7 Å². The molecule has 92 valence electrons. The minimum Gasteiger partial charge on any atom is -0.393 e. The number of sulfone groups is 1. The summed E-state index contributed by atoms with van der Waals surface area (Å²) in [7, 11) is -3.11. The fourth-order valence-corrected chi connectivity index (χ4v) is 4.50. The molecule has 0 unspecified atom stereocenters. The quantitative estimate of drug-likeness (QED) is 0.858. The maximum absolute atomic E-state index is 11.6. The molecule has 0 radical (unpaired) electrons. The fourth-order valence-electron chi connectivity index (χ4n) is 2.24. The zero-order valence-electron chi connectivity index (χ0n) is 9.13. The van der Waals surface area contributed by atoms with Gasteiger partial charge in [-0.05, 0) is 17.7 Å². The Balaban J connectivity index is 2.34. The molecule has 1 aromatic carbocycles. The first-order valence-electron chi connectivity index (χ1n) is 5.06. The molecule has 2 rings (SSSR count). The van der Waals surface area contributed by atoms with Crippen LogP contribution in [-0.4, -0.2) is 24.9 Å². The van der Waals surface area contributed by atoms with E-state index in [9.17, 15) is 8.42 Å². The Bertz CT molecular complexity index is 553. The Kier molecular flexibility index (Phi) is 3.31. The molecule has 2 N–H and O–H groups in total. The summed E-state index contributed by atoms with van der Waals surface area (Å²) in [5.41, 5.74) is 6.57. The average Bonchev–Trinajstić information content (AvgIpc) is 2.93. The molecule has 0 heterocycles. The number of rotatable bonds is 3. The van der Waals surface area contributed by atoms with Gasteiger partial charge >= 0.3 is 0 Å². The maximum Gasteiger partial charge on any atom is 0.151 e. The van der Waals surface area contributed by atoms with Crippen LogP contribution in [0.5, 0.6) is 0 Å². The van der Waals surface area contributed by atoms with E-state index in [1.165, 1.54) is 6.26 Å². The van der Waals surface area contributed by atoms with Gasteiger partial charge in [0, 0.05) is 22.6 Å². The molecule has 1 aromatic rings. The van der Waals surface area contributed by atoms with E-state index in [4.69, 9.17) is 18.0 Å². The number of nitrogens with two attached hydrogens (primary N) is 1. The standard InChI is InChI=1S/C11H12BrNO2S2/c1-17(14,15)10-8(9(10)11(13)16)6-2-4-7(12)5-3-6/h2-5,8-10H,1H3,(H2,13,16)/t8-,9+,10-/m0/s1. The van der Waals surface area contributed by atoms with Crippen LogP contribution in [0.3, 0.4) is 0 Å². The van der Waals surface area contributed by atoms with Crippen molar-refractivity contribution >= 4 is 43.0 Å². The van der Waals surface area contributed by atoms with Gasteiger partial charge in [0.05, 0.1) is 10.2 Å². The summed E-state index contributed by atoms with van der Waals surface area (Å²) in [5.74, 6) is -0.309. The second-order valence-electron chi connectivity index (χ2n) is 4.30. The summed E-state index contributed by atoms with van der Waals surface area (Å²) in [6.45, 7) is 0. The van der Waals surface area contributed by atoms with Crippen LogP contribution in [0.25, 0.3) is 0 Å². The lowest BCUT2D eigenvalue weighted by Gasteiger charge is -1.99. The van der Waals surface area contributed by atoms with Gasteiger partial charge in [-0.25, -0.2) is 8.42 Å². The summed E-state index contributed by atoms with van der Waals surface area (Å²) in [5, 5.41) is -0.457. The summed E-state index contributed by atoms with van der Waals surface area (Å²) < 4.78 is 24.2. The normalized spacial score (nSPS) is 27.8.